The summed E-state index contributed by atoms with van der Waals surface area (Å²) in [6, 6.07) is 27.7. The number of nitrogens with zero attached hydrogens (tertiary/aromatic N) is 1. The summed E-state index contributed by atoms with van der Waals surface area (Å²) in [5.74, 6) is 0.0492. The average Bonchev–Trinajstić information content (AvgIpc) is 3.20. The third-order valence-electron chi connectivity index (χ3n) is 6.11. The monoisotopic (exact) mass is 507 g/mol. The molecule has 0 spiro atoms. The van der Waals surface area contributed by atoms with Crippen LogP contribution >= 0.6 is 0 Å². The topological polar surface area (TPSA) is 97.0 Å². The van der Waals surface area contributed by atoms with Gasteiger partial charge in [0.15, 0.2) is 0 Å². The second-order valence-electron chi connectivity index (χ2n) is 8.62. The lowest BCUT2D eigenvalue weighted by Crippen LogP contribution is -2.38. The van der Waals surface area contributed by atoms with Crippen molar-refractivity contribution >= 4 is 40.4 Å². The van der Waals surface area contributed by atoms with E-state index in [1.54, 1.807) is 54.6 Å². The second kappa shape index (κ2) is 10.9. The van der Waals surface area contributed by atoms with Crippen LogP contribution in [0.2, 0.25) is 0 Å². The fourth-order valence-corrected chi connectivity index (χ4v) is 4.20. The fourth-order valence-electron chi connectivity index (χ4n) is 4.20. The molecule has 1 aliphatic heterocycles. The number of hydrogen-bond donors (Lipinski definition) is 2. The zero-order valence-electron chi connectivity index (χ0n) is 20.6. The Balaban J connectivity index is 1.21. The molecule has 4 aromatic rings. The number of fused-ring (bicyclic) bond motifs is 1. The lowest BCUT2D eigenvalue weighted by Gasteiger charge is -2.13. The number of urea groups is 1. The van der Waals surface area contributed by atoms with Crippen LogP contribution in [0.25, 0.3) is 16.8 Å². The Bertz CT molecular complexity index is 1540. The number of amides is 4. The summed E-state index contributed by atoms with van der Waals surface area (Å²) >= 11 is 0. The molecule has 0 aliphatic carbocycles. The second-order valence-corrected chi connectivity index (χ2v) is 8.62. The lowest BCUT2D eigenvalue weighted by molar-refractivity contribution is -0.127. The molecular weight excluding hydrogens is 482 g/mol. The van der Waals surface area contributed by atoms with Gasteiger partial charge in [-0.3, -0.25) is 9.59 Å². The molecular formula is C30H25N3O5. The summed E-state index contributed by atoms with van der Waals surface area (Å²) in [4.78, 5) is 38.6. The first-order valence-corrected chi connectivity index (χ1v) is 12.0. The number of rotatable bonds is 8. The van der Waals surface area contributed by atoms with E-state index in [0.717, 1.165) is 21.2 Å². The van der Waals surface area contributed by atoms with Crippen molar-refractivity contribution in [3.8, 4) is 11.5 Å². The van der Waals surface area contributed by atoms with E-state index in [0.29, 0.717) is 29.4 Å². The molecule has 4 aromatic carbocycles. The van der Waals surface area contributed by atoms with Crippen LogP contribution in [0.1, 0.15) is 11.1 Å². The van der Waals surface area contributed by atoms with Crippen LogP contribution in [-0.2, 0) is 16.2 Å². The van der Waals surface area contributed by atoms with E-state index in [1.807, 2.05) is 24.3 Å². The molecule has 5 rings (SSSR count). The maximum Gasteiger partial charge on any atom is 0.329 e. The van der Waals surface area contributed by atoms with Crippen molar-refractivity contribution in [3.05, 3.63) is 108 Å². The van der Waals surface area contributed by atoms with Gasteiger partial charge in [-0.05, 0) is 52.2 Å². The quantitative estimate of drug-likeness (QED) is 0.260. The number of imide groups is 1. The van der Waals surface area contributed by atoms with Gasteiger partial charge in [0, 0.05) is 0 Å². The first-order chi connectivity index (χ1) is 18.5. The zero-order chi connectivity index (χ0) is 26.5. The Labute approximate surface area is 219 Å². The van der Waals surface area contributed by atoms with Crippen molar-refractivity contribution in [2.45, 2.75) is 6.61 Å². The summed E-state index contributed by atoms with van der Waals surface area (Å²) in [5, 5.41) is 7.50. The molecule has 38 heavy (non-hydrogen) atoms. The molecule has 0 atom stereocenters. The molecule has 1 saturated heterocycles. The minimum Gasteiger partial charge on any atom is -0.495 e. The molecule has 0 aromatic heterocycles. The van der Waals surface area contributed by atoms with E-state index >= 15 is 0 Å². The van der Waals surface area contributed by atoms with Gasteiger partial charge in [0.25, 0.3) is 5.91 Å². The van der Waals surface area contributed by atoms with Gasteiger partial charge in [0.1, 0.15) is 30.3 Å². The van der Waals surface area contributed by atoms with E-state index in [-0.39, 0.29) is 5.70 Å². The van der Waals surface area contributed by atoms with Gasteiger partial charge in [0.2, 0.25) is 5.91 Å². The molecule has 1 aliphatic rings. The van der Waals surface area contributed by atoms with E-state index < -0.39 is 24.4 Å². The predicted octanol–water partition coefficient (Wildman–Crippen LogP) is 4.96. The number of ether oxygens (including phenoxy) is 2. The normalized spacial score (nSPS) is 14.0. The molecule has 1 heterocycles. The highest BCUT2D eigenvalue weighted by atomic mass is 16.5. The van der Waals surface area contributed by atoms with Gasteiger partial charge in [-0.2, -0.15) is 0 Å². The number of carbonyl (C=O) groups is 3. The molecule has 0 radical (unpaired) electrons. The van der Waals surface area contributed by atoms with Gasteiger partial charge in [-0.25, -0.2) is 9.69 Å². The summed E-state index contributed by atoms with van der Waals surface area (Å²) in [7, 11) is 1.49. The number of benzene rings is 4. The van der Waals surface area contributed by atoms with E-state index in [2.05, 4.69) is 28.8 Å². The van der Waals surface area contributed by atoms with E-state index in [1.165, 1.54) is 7.11 Å². The highest BCUT2D eigenvalue weighted by Crippen LogP contribution is 2.24. The molecule has 4 amide bonds. The number of carbonyl (C=O) groups excluding carboxylic acids is 3. The summed E-state index contributed by atoms with van der Waals surface area (Å²) in [5.41, 5.74) is 2.32. The van der Waals surface area contributed by atoms with E-state index in [9.17, 15) is 14.4 Å². The Kier molecular flexibility index (Phi) is 7.04. The molecule has 190 valence electrons. The zero-order valence-corrected chi connectivity index (χ0v) is 20.6. The standard InChI is InChI=1S/C30H25N3O5/c1-37-27-12-5-4-11-25(27)31-28(34)18-33-29(35)26(32-30(33)36)17-20-13-15-23(16-14-20)38-19-22-9-6-8-21-7-2-3-10-24(21)22/h2-17H,18-19H2,1H3,(H,31,34)(H,32,36)/b26-17+. The van der Waals surface area contributed by atoms with E-state index in [4.69, 9.17) is 9.47 Å². The maximum atomic E-state index is 12.8. The fraction of sp³-hybridized carbons (Fsp3) is 0.100. The molecule has 2 N–H and O–H groups in total. The highest BCUT2D eigenvalue weighted by Gasteiger charge is 2.35. The smallest absolute Gasteiger partial charge is 0.329 e. The van der Waals surface area contributed by atoms with Crippen LogP contribution in [0.15, 0.2) is 96.7 Å². The van der Waals surface area contributed by atoms with Crippen molar-refractivity contribution in [3.63, 3.8) is 0 Å². The van der Waals surface area contributed by atoms with Crippen LogP contribution < -0.4 is 20.1 Å². The third kappa shape index (κ3) is 5.34. The lowest BCUT2D eigenvalue weighted by atomic mass is 10.1. The predicted molar refractivity (Wildman–Crippen MR) is 145 cm³/mol. The number of nitrogens with one attached hydrogen (secondary N) is 2. The first kappa shape index (κ1) is 24.6. The first-order valence-electron chi connectivity index (χ1n) is 12.0. The summed E-state index contributed by atoms with van der Waals surface area (Å²) in [6.45, 7) is -0.0107. The summed E-state index contributed by atoms with van der Waals surface area (Å²) < 4.78 is 11.2. The third-order valence-corrected chi connectivity index (χ3v) is 6.11. The molecule has 8 heteroatoms. The van der Waals surface area contributed by atoms with Crippen molar-refractivity contribution in [2.24, 2.45) is 0 Å². The number of anilines is 1. The van der Waals surface area contributed by atoms with Crippen molar-refractivity contribution in [2.75, 3.05) is 19.0 Å². The number of methoxy groups -OCH3 is 1. The molecule has 0 bridgehead atoms. The van der Waals surface area contributed by atoms with Crippen LogP contribution in [0, 0.1) is 0 Å². The van der Waals surface area contributed by atoms with Crippen LogP contribution in [0.4, 0.5) is 10.5 Å². The van der Waals surface area contributed by atoms with Gasteiger partial charge in [-0.15, -0.1) is 0 Å². The SMILES string of the molecule is COc1ccccc1NC(=O)CN1C(=O)N/C(=C/c2ccc(OCc3cccc4ccccc34)cc2)C1=O. The molecule has 8 nitrogen and oxygen atoms in total. The van der Waals surface area contributed by atoms with Crippen molar-refractivity contribution < 1.29 is 23.9 Å². The Morgan fingerprint density at radius 2 is 1.66 bits per heavy atom. The van der Waals surface area contributed by atoms with Crippen LogP contribution in [0.3, 0.4) is 0 Å². The average molecular weight is 508 g/mol. The van der Waals surface area contributed by atoms with Gasteiger partial charge in [0.05, 0.1) is 12.8 Å². The van der Waals surface area contributed by atoms with Gasteiger partial charge >= 0.3 is 6.03 Å². The molecule has 1 fully saturated rings. The highest BCUT2D eigenvalue weighted by molar-refractivity contribution is 6.16. The minimum absolute atomic E-state index is 0.0875. The van der Waals surface area contributed by atoms with Crippen LogP contribution in [0.5, 0.6) is 11.5 Å². The molecule has 0 saturated carbocycles. The minimum atomic E-state index is -0.661. The Morgan fingerprint density at radius 1 is 0.921 bits per heavy atom. The largest absolute Gasteiger partial charge is 0.495 e. The van der Waals surface area contributed by atoms with Gasteiger partial charge < -0.3 is 20.1 Å². The van der Waals surface area contributed by atoms with Crippen LogP contribution in [-0.4, -0.2) is 36.4 Å². The Hall–Kier alpha value is -5.11. The molecule has 0 unspecified atom stereocenters. The van der Waals surface area contributed by atoms with Crippen molar-refractivity contribution in [1.29, 1.82) is 0 Å². The number of para-hydroxylation sites is 2. The van der Waals surface area contributed by atoms with Gasteiger partial charge in [-0.1, -0.05) is 66.7 Å². The summed E-state index contributed by atoms with van der Waals surface area (Å²) in [6.07, 6.45) is 1.56. The maximum absolute atomic E-state index is 12.8. The van der Waals surface area contributed by atoms with Crippen molar-refractivity contribution in [1.82, 2.24) is 10.2 Å². The Morgan fingerprint density at radius 3 is 2.47 bits per heavy atom. The number of hydrogen-bond acceptors (Lipinski definition) is 5.